The fourth-order valence-corrected chi connectivity index (χ4v) is 2.27. The van der Waals surface area contributed by atoms with Gasteiger partial charge in [0.15, 0.2) is 0 Å². The maximum atomic E-state index is 5.56. The lowest BCUT2D eigenvalue weighted by Gasteiger charge is -2.18. The van der Waals surface area contributed by atoms with Gasteiger partial charge in [-0.1, -0.05) is 31.2 Å². The van der Waals surface area contributed by atoms with Crippen LogP contribution in [-0.4, -0.2) is 30.8 Å². The van der Waals surface area contributed by atoms with Crippen LogP contribution >= 0.6 is 0 Å². The highest BCUT2D eigenvalue weighted by atomic mass is 16.5. The monoisotopic (exact) mass is 272 g/mol. The maximum Gasteiger partial charge on any atom is 0.0705 e. The smallest absolute Gasteiger partial charge is 0.0705 e. The molecule has 0 aliphatic carbocycles. The van der Waals surface area contributed by atoms with E-state index in [9.17, 15) is 0 Å². The van der Waals surface area contributed by atoms with E-state index >= 15 is 0 Å². The minimum Gasteiger partial charge on any atom is -0.380 e. The van der Waals surface area contributed by atoms with Crippen molar-refractivity contribution < 1.29 is 4.74 Å². The van der Waals surface area contributed by atoms with Crippen molar-refractivity contribution in [1.29, 1.82) is 0 Å². The Morgan fingerprint density at radius 1 is 1.15 bits per heavy atom. The number of hydrogen-bond acceptors (Lipinski definition) is 3. The molecule has 1 aromatic heterocycles. The molecule has 0 amide bonds. The summed E-state index contributed by atoms with van der Waals surface area (Å²) >= 11 is 0. The number of hydrogen-bond donors (Lipinski definition) is 1. The fraction of sp³-hybridized carbons (Fsp3) is 0.471. The Labute approximate surface area is 121 Å². The highest BCUT2D eigenvalue weighted by molar-refractivity contribution is 5.78. The van der Waals surface area contributed by atoms with Crippen molar-refractivity contribution in [3.63, 3.8) is 0 Å². The lowest BCUT2D eigenvalue weighted by molar-refractivity contribution is 0.122. The molecule has 1 unspecified atom stereocenters. The van der Waals surface area contributed by atoms with E-state index in [4.69, 9.17) is 9.72 Å². The predicted molar refractivity (Wildman–Crippen MR) is 84.0 cm³/mol. The molecule has 2 rings (SSSR count). The normalized spacial score (nSPS) is 12.7. The third kappa shape index (κ3) is 4.29. The van der Waals surface area contributed by atoms with Crippen molar-refractivity contribution in [1.82, 2.24) is 10.3 Å². The molecule has 0 spiro atoms. The zero-order valence-corrected chi connectivity index (χ0v) is 12.4. The molecule has 0 radical (unpaired) electrons. The highest BCUT2D eigenvalue weighted by Crippen LogP contribution is 2.13. The number of fused-ring (bicyclic) bond motifs is 1. The van der Waals surface area contributed by atoms with Crippen LogP contribution in [0.15, 0.2) is 36.4 Å². The number of nitrogens with one attached hydrogen (secondary N) is 1. The molecule has 1 atom stereocenters. The molecule has 20 heavy (non-hydrogen) atoms. The van der Waals surface area contributed by atoms with Crippen molar-refractivity contribution in [2.75, 3.05) is 19.8 Å². The zero-order valence-electron chi connectivity index (χ0n) is 12.4. The maximum absolute atomic E-state index is 5.56. The average Bonchev–Trinajstić information content (AvgIpc) is 2.50. The molecule has 108 valence electrons. The number of rotatable bonds is 8. The highest BCUT2D eigenvalue weighted by Gasteiger charge is 2.10. The van der Waals surface area contributed by atoms with Crippen LogP contribution in [0, 0.1) is 0 Å². The first-order valence-corrected chi connectivity index (χ1v) is 7.49. The van der Waals surface area contributed by atoms with Gasteiger partial charge in [0.1, 0.15) is 0 Å². The van der Waals surface area contributed by atoms with Gasteiger partial charge in [0, 0.05) is 30.1 Å². The van der Waals surface area contributed by atoms with Crippen LogP contribution in [-0.2, 0) is 11.2 Å². The van der Waals surface area contributed by atoms with Crippen LogP contribution in [0.5, 0.6) is 0 Å². The fourth-order valence-electron chi connectivity index (χ4n) is 2.27. The Hall–Kier alpha value is -1.45. The standard InChI is InChI=1S/C17H24N2O/c1-3-11-18-16(13-20-4-2)12-15-10-9-14-7-5-6-8-17(14)19-15/h5-10,16,18H,3-4,11-13H2,1-2H3. The van der Waals surface area contributed by atoms with Crippen molar-refractivity contribution in [3.05, 3.63) is 42.1 Å². The minimum absolute atomic E-state index is 0.337. The Morgan fingerprint density at radius 2 is 2.00 bits per heavy atom. The van der Waals surface area contributed by atoms with E-state index in [1.165, 1.54) is 5.39 Å². The molecule has 0 saturated heterocycles. The van der Waals surface area contributed by atoms with Crippen LogP contribution in [0.25, 0.3) is 10.9 Å². The lowest BCUT2D eigenvalue weighted by atomic mass is 10.1. The van der Waals surface area contributed by atoms with Gasteiger partial charge in [0.05, 0.1) is 12.1 Å². The Morgan fingerprint density at radius 3 is 2.80 bits per heavy atom. The van der Waals surface area contributed by atoms with Gasteiger partial charge in [0.2, 0.25) is 0 Å². The molecule has 1 aromatic carbocycles. The second kappa shape index (κ2) is 7.98. The summed E-state index contributed by atoms with van der Waals surface area (Å²) in [6, 6.07) is 12.8. The lowest BCUT2D eigenvalue weighted by Crippen LogP contribution is -2.36. The molecular weight excluding hydrogens is 248 g/mol. The molecule has 0 fully saturated rings. The van der Waals surface area contributed by atoms with Gasteiger partial charge in [-0.05, 0) is 32.0 Å². The van der Waals surface area contributed by atoms with Gasteiger partial charge in [-0.25, -0.2) is 0 Å². The van der Waals surface area contributed by atoms with E-state index in [0.717, 1.165) is 43.8 Å². The van der Waals surface area contributed by atoms with Crippen LogP contribution in [0.3, 0.4) is 0 Å². The summed E-state index contributed by atoms with van der Waals surface area (Å²) in [5.74, 6) is 0. The van der Waals surface area contributed by atoms with Gasteiger partial charge >= 0.3 is 0 Å². The first kappa shape index (κ1) is 14.9. The number of para-hydroxylation sites is 1. The van der Waals surface area contributed by atoms with Gasteiger partial charge < -0.3 is 10.1 Å². The third-order valence-corrected chi connectivity index (χ3v) is 3.32. The van der Waals surface area contributed by atoms with Crippen LogP contribution in [0.1, 0.15) is 26.0 Å². The Bertz CT molecular complexity index is 519. The SMILES string of the molecule is CCCNC(COCC)Cc1ccc2ccccc2n1. The molecule has 2 aromatic rings. The minimum atomic E-state index is 0.337. The van der Waals surface area contributed by atoms with E-state index in [-0.39, 0.29) is 0 Å². The summed E-state index contributed by atoms with van der Waals surface area (Å²) in [5.41, 5.74) is 2.19. The number of nitrogens with zero attached hydrogens (tertiary/aromatic N) is 1. The van der Waals surface area contributed by atoms with Crippen molar-refractivity contribution >= 4 is 10.9 Å². The van der Waals surface area contributed by atoms with Gasteiger partial charge in [0.25, 0.3) is 0 Å². The average molecular weight is 272 g/mol. The molecule has 3 heteroatoms. The molecular formula is C17H24N2O. The van der Waals surface area contributed by atoms with Gasteiger partial charge in [-0.2, -0.15) is 0 Å². The van der Waals surface area contributed by atoms with Crippen LogP contribution < -0.4 is 5.32 Å². The summed E-state index contributed by atoms with van der Waals surface area (Å²) in [7, 11) is 0. The summed E-state index contributed by atoms with van der Waals surface area (Å²) < 4.78 is 5.56. The Kier molecular flexibility index (Phi) is 5.96. The first-order chi connectivity index (χ1) is 9.83. The molecule has 0 aliphatic heterocycles. The first-order valence-electron chi connectivity index (χ1n) is 7.49. The van der Waals surface area contributed by atoms with E-state index in [0.29, 0.717) is 6.04 Å². The largest absolute Gasteiger partial charge is 0.380 e. The summed E-state index contributed by atoms with van der Waals surface area (Å²) in [6.45, 7) is 6.73. The molecule has 0 bridgehead atoms. The van der Waals surface area contributed by atoms with E-state index in [1.807, 2.05) is 19.1 Å². The number of aromatic nitrogens is 1. The second-order valence-corrected chi connectivity index (χ2v) is 5.01. The molecule has 3 nitrogen and oxygen atoms in total. The summed E-state index contributed by atoms with van der Waals surface area (Å²) in [5, 5.41) is 4.73. The Balaban J connectivity index is 2.06. The van der Waals surface area contributed by atoms with Crippen LogP contribution in [0.4, 0.5) is 0 Å². The van der Waals surface area contributed by atoms with E-state index < -0.39 is 0 Å². The number of benzene rings is 1. The zero-order chi connectivity index (χ0) is 14.2. The second-order valence-electron chi connectivity index (χ2n) is 5.01. The predicted octanol–water partition coefficient (Wildman–Crippen LogP) is 3.18. The van der Waals surface area contributed by atoms with Crippen molar-refractivity contribution in [3.8, 4) is 0 Å². The quantitative estimate of drug-likeness (QED) is 0.801. The van der Waals surface area contributed by atoms with E-state index in [2.05, 4.69) is 36.5 Å². The van der Waals surface area contributed by atoms with Gasteiger partial charge in [-0.3, -0.25) is 4.98 Å². The van der Waals surface area contributed by atoms with Crippen molar-refractivity contribution in [2.45, 2.75) is 32.7 Å². The van der Waals surface area contributed by atoms with Gasteiger partial charge in [-0.15, -0.1) is 0 Å². The topological polar surface area (TPSA) is 34.1 Å². The molecule has 1 N–H and O–H groups in total. The number of pyridine rings is 1. The molecule has 0 aliphatic rings. The van der Waals surface area contributed by atoms with Crippen LogP contribution in [0.2, 0.25) is 0 Å². The third-order valence-electron chi connectivity index (χ3n) is 3.32. The molecule has 0 saturated carbocycles. The number of ether oxygens (including phenoxy) is 1. The summed E-state index contributed by atoms with van der Waals surface area (Å²) in [6.07, 6.45) is 2.04. The van der Waals surface area contributed by atoms with E-state index in [1.54, 1.807) is 0 Å². The van der Waals surface area contributed by atoms with Crippen molar-refractivity contribution in [2.24, 2.45) is 0 Å². The molecule has 1 heterocycles. The summed E-state index contributed by atoms with van der Waals surface area (Å²) in [4.78, 5) is 4.74.